The first-order valence-corrected chi connectivity index (χ1v) is 43.9. The maximum atomic E-state index is 17.1. The Morgan fingerprint density at radius 1 is 0.493 bits per heavy atom. The van der Waals surface area contributed by atoms with Gasteiger partial charge in [0.05, 0.1) is 36.4 Å². The molecule has 0 aromatic heterocycles. The lowest BCUT2D eigenvalue weighted by Crippen LogP contribution is -2.65. The molecule has 3 fully saturated rings. The van der Waals surface area contributed by atoms with Crippen LogP contribution in [-0.2, 0) is 73.3 Å². The van der Waals surface area contributed by atoms with Crippen LogP contribution in [0.4, 0.5) is 0 Å². The normalized spacial score (nSPS) is 28.3. The van der Waals surface area contributed by atoms with E-state index >= 15 is 28.8 Å². The first-order chi connectivity index (χ1) is 64.8. The molecule has 9 amide bonds. The molecule has 16 rings (SSSR count). The van der Waals surface area contributed by atoms with E-state index in [1.165, 1.54) is 24.3 Å². The second-order valence-corrected chi connectivity index (χ2v) is 34.7. The van der Waals surface area contributed by atoms with Gasteiger partial charge in [-0.15, -0.1) is 0 Å². The van der Waals surface area contributed by atoms with E-state index in [-0.39, 0.29) is 28.3 Å². The third kappa shape index (κ3) is 21.8. The Morgan fingerprint density at radius 2 is 1.05 bits per heavy atom. The number of carbonyl (C=O) groups excluding carboxylic acids is 9. The number of ether oxygens (including phenoxy) is 9. The highest BCUT2D eigenvalue weighted by Crippen LogP contribution is 2.51. The highest BCUT2D eigenvalue weighted by Gasteiger charge is 2.53. The smallest absolute Gasteiger partial charge is 0.330 e. The van der Waals surface area contributed by atoms with Crippen molar-refractivity contribution < 1.29 is 167 Å². The summed E-state index contributed by atoms with van der Waals surface area (Å²) in [7, 11) is 0. The molecule has 9 aliphatic heterocycles. The summed E-state index contributed by atoms with van der Waals surface area (Å²) in [4.78, 5) is 153. The fourth-order valence-corrected chi connectivity index (χ4v) is 17.3. The Bertz CT molecular complexity index is 5720. The van der Waals surface area contributed by atoms with Crippen molar-refractivity contribution in [1.29, 1.82) is 0 Å². The van der Waals surface area contributed by atoms with Crippen molar-refractivity contribution in [2.24, 2.45) is 11.7 Å². The number of aromatic hydroxyl groups is 4. The number of amides is 9. The van der Waals surface area contributed by atoms with E-state index in [0.717, 1.165) is 117 Å². The Labute approximate surface area is 782 Å². The highest BCUT2D eigenvalue weighted by molar-refractivity contribution is 6.32. The van der Waals surface area contributed by atoms with Crippen LogP contribution in [0, 0.1) is 5.92 Å². The van der Waals surface area contributed by atoms with Gasteiger partial charge in [0.2, 0.25) is 71.5 Å². The maximum Gasteiger partial charge on any atom is 0.330 e. The molecule has 136 heavy (non-hydrogen) atoms. The van der Waals surface area contributed by atoms with E-state index in [1.807, 2.05) is 0 Å². The minimum Gasteiger partial charge on any atom is -0.508 e. The average Bonchev–Trinajstić information content (AvgIpc) is 0.771. The summed E-state index contributed by atoms with van der Waals surface area (Å²) >= 11 is 14.8. The predicted octanol–water partition coefficient (Wildman–Crippen LogP) is 0.136. The van der Waals surface area contributed by atoms with Crippen LogP contribution >= 0.6 is 23.2 Å². The largest absolute Gasteiger partial charge is 0.508 e. The lowest BCUT2D eigenvalue weighted by atomic mass is 9.89. The van der Waals surface area contributed by atoms with Crippen LogP contribution in [0.15, 0.2) is 115 Å². The molecule has 728 valence electrons. The van der Waals surface area contributed by atoms with Crippen LogP contribution < -0.4 is 77.3 Å². The fraction of sp³-hybridized carbons (Fsp3) is 0.422. The summed E-state index contributed by atoms with van der Waals surface area (Å²) in [5, 5.41) is 193. The van der Waals surface area contributed by atoms with Crippen LogP contribution in [0.3, 0.4) is 0 Å². The van der Waals surface area contributed by atoms with Gasteiger partial charge in [0.1, 0.15) is 156 Å². The number of carboxylic acids is 1. The summed E-state index contributed by atoms with van der Waals surface area (Å²) in [6.07, 6.45) is -26.2. The molecular weight excluding hydrogens is 1840 g/mol. The van der Waals surface area contributed by atoms with E-state index in [4.69, 9.17) is 71.6 Å². The van der Waals surface area contributed by atoms with Crippen LogP contribution in [0.2, 0.25) is 10.0 Å². The van der Waals surface area contributed by atoms with E-state index in [9.17, 15) is 95.8 Å². The van der Waals surface area contributed by atoms with Gasteiger partial charge in [-0.2, -0.15) is 0 Å². The van der Waals surface area contributed by atoms with Gasteiger partial charge in [0.15, 0.2) is 35.3 Å². The predicted molar refractivity (Wildman–Crippen MR) is 466 cm³/mol. The van der Waals surface area contributed by atoms with Crippen molar-refractivity contribution >= 4 is 82.3 Å². The number of aliphatic hydroxyl groups is 10. The number of phenolic OH excluding ortho intramolecular Hbond substituents is 4. The molecule has 7 aromatic carbocycles. The Hall–Kier alpha value is -12.6. The van der Waals surface area contributed by atoms with Crippen molar-refractivity contribution in [3.05, 3.63) is 164 Å². The van der Waals surface area contributed by atoms with Crippen LogP contribution in [0.1, 0.15) is 135 Å². The second kappa shape index (κ2) is 42.4. The number of benzene rings is 7. The number of carbonyl (C=O) groups is 10. The molecule has 9 aliphatic rings. The molecule has 0 radical (unpaired) electrons. The van der Waals surface area contributed by atoms with E-state index < -0.39 is 340 Å². The average molecular weight is 1940 g/mol. The zero-order chi connectivity index (χ0) is 97.9. The molecule has 23 atom stereocenters. The van der Waals surface area contributed by atoms with E-state index in [0.29, 0.717) is 18.8 Å². The number of hydrogen-bond donors (Lipinski definition) is 25. The number of aliphatic carboxylic acids is 1. The second-order valence-electron chi connectivity index (χ2n) is 33.9. The lowest BCUT2D eigenvalue weighted by Gasteiger charge is -2.44. The Morgan fingerprint density at radius 3 is 1.68 bits per heavy atom. The number of rotatable bonds is 21. The SMILES string of the molecule is CC(=O)N[C@H]1[C@H](O[C@@H]2c3ccc(c(Cl)c3)Oc3cc4cc(c3O[C@@H]3O[C@H](CO)[C@@H](O)[C@H](O)[C@H]3NC(=O)CCCCCCC(C)C)Oc3ccc(cc3Cl)C[C@H]3NC(=O)[C@H](NC(=O)CN)c5ccc(O)c(c5)Oc5cc(O)cc(c5)[C@H](NC3=O)C(=O)N[C@H]4C(=O)N[C@H]3C(=O)N[C@@H]2C(=O)N[C@H](C(=O)O)c2cc(O)cc(O[C@H]4O[C@H](CO)[C@@H](O)[C@H](O)[C@@H]4O)c2-c2cc3ccc2O)O[C@H](CO)[C@@H](O)[C@@H]1O. The Kier molecular flexibility index (Phi) is 31.0. The quantitative estimate of drug-likeness (QED) is 0.0425. The number of phenols is 4. The van der Waals surface area contributed by atoms with Gasteiger partial charge in [-0.25, -0.2) is 4.79 Å². The van der Waals surface area contributed by atoms with Gasteiger partial charge in [-0.3, -0.25) is 43.2 Å². The van der Waals surface area contributed by atoms with Gasteiger partial charge in [0, 0.05) is 48.6 Å². The minimum atomic E-state index is -2.61. The summed E-state index contributed by atoms with van der Waals surface area (Å²) < 4.78 is 57.6. The molecule has 0 spiro atoms. The molecule has 0 unspecified atom stereocenters. The standard InChI is InChI=1S/C90H100Cl2N10O34/c1-34(2)8-6-4-5-7-9-61(111)96-70-76(117)73(114)59(32-104)133-89(70)136-80-56-25-41-26-57(80)130-53-17-13-39(23-48(53)92)79(135-88-69(94-35(3)106)75(116)72(113)58(31-103)132-88)71-86(125)101-68(87(126)127)46-28-43(108)29-55(131-90-78(119)77(118)74(115)60(33-105)134-90)63(46)45-22-37(11-14-50(45)109)65(83(122)102-71)99-85(124)67(41)100-84(123)66-40-20-42(107)27-44(21-40)128-54-24-38(12-15-51(54)110)64(97-62(112)30-93)82(121)95-49(81(120)98-66)19-36-10-16-52(129-56)47(91)18-36/h10-18,20-29,34,49,58-60,64-79,88-90,103-105,107-110,113-119H,4-9,19,30-33,93H2,1-3H3,(H,94,106)(H,95,121)(H,96,111)(H,97,112)(H,98,120)(H,99,124)(H,100,123)(H,101,125)(H,102,122)(H,126,127)/t49-,58-,59-,60-,64-,65-,66+,67-,68+,69-,70-,71+,72-,73-,74-,75-,76-,77+,78+,79-,88+,89+,90+/m1/s1. The fourth-order valence-electron chi connectivity index (χ4n) is 16.8. The van der Waals surface area contributed by atoms with Crippen molar-refractivity contribution in [2.45, 2.75) is 206 Å². The summed E-state index contributed by atoms with van der Waals surface area (Å²) in [5.41, 5.74) is 1.66. The van der Waals surface area contributed by atoms with Gasteiger partial charge in [-0.1, -0.05) is 87.0 Å². The number of nitrogens with two attached hydrogens (primary N) is 1. The molecule has 46 heteroatoms. The summed E-state index contributed by atoms with van der Waals surface area (Å²) in [5.74, 6) is -20.8. The molecule has 17 bridgehead atoms. The molecule has 0 saturated carbocycles. The van der Waals surface area contributed by atoms with Gasteiger partial charge in [0.25, 0.3) is 0 Å². The van der Waals surface area contributed by atoms with Crippen molar-refractivity contribution in [3.63, 3.8) is 0 Å². The third-order valence-electron chi connectivity index (χ3n) is 23.8. The van der Waals surface area contributed by atoms with Crippen molar-refractivity contribution in [2.75, 3.05) is 26.4 Å². The molecule has 26 N–H and O–H groups in total. The minimum absolute atomic E-state index is 0.0781. The molecule has 3 saturated heterocycles. The highest BCUT2D eigenvalue weighted by atomic mass is 35.5. The zero-order valence-corrected chi connectivity index (χ0v) is 73.9. The zero-order valence-electron chi connectivity index (χ0n) is 72.4. The number of halogens is 2. The number of unbranched alkanes of at least 4 members (excludes halogenated alkanes) is 3. The van der Waals surface area contributed by atoms with Gasteiger partial charge < -0.3 is 173 Å². The number of aliphatic hydroxyl groups excluding tert-OH is 10. The topological polar surface area (TPSA) is 692 Å². The molecular formula is C90H100Cl2N10O34. The van der Waals surface area contributed by atoms with Crippen LogP contribution in [0.5, 0.6) is 69.0 Å². The first-order valence-electron chi connectivity index (χ1n) is 43.1. The number of fused-ring (bicyclic) bond motifs is 14. The van der Waals surface area contributed by atoms with E-state index in [1.54, 1.807) is 0 Å². The maximum absolute atomic E-state index is 17.1. The number of hydrogen-bond acceptors (Lipinski definition) is 34. The Balaban J connectivity index is 1.04. The van der Waals surface area contributed by atoms with E-state index in [2.05, 4.69) is 61.7 Å². The number of nitrogens with one attached hydrogen (secondary N) is 9. The lowest BCUT2D eigenvalue weighted by molar-refractivity contribution is -0.284. The third-order valence-corrected chi connectivity index (χ3v) is 24.4. The van der Waals surface area contributed by atoms with Crippen molar-refractivity contribution in [3.8, 4) is 80.1 Å². The van der Waals surface area contributed by atoms with Gasteiger partial charge in [-0.05, 0) is 125 Å². The summed E-state index contributed by atoms with van der Waals surface area (Å²) in [6.45, 7) is 1.23. The van der Waals surface area contributed by atoms with Crippen LogP contribution in [-0.4, -0.2) is 266 Å². The van der Waals surface area contributed by atoms with Gasteiger partial charge >= 0.3 is 5.97 Å². The monoisotopic (exact) mass is 1930 g/mol. The van der Waals surface area contributed by atoms with Crippen LogP contribution in [0.25, 0.3) is 11.1 Å². The molecule has 7 aromatic rings. The molecule has 9 heterocycles. The molecule has 0 aliphatic carbocycles. The first kappa shape index (κ1) is 99.4. The summed E-state index contributed by atoms with van der Waals surface area (Å²) in [6, 6.07) is -0.258. The van der Waals surface area contributed by atoms with Crippen molar-refractivity contribution in [1.82, 2.24) is 47.9 Å². The number of carboxylic acid groups (broad SMARTS) is 1. The molecule has 44 nitrogen and oxygen atoms in total.